The van der Waals surface area contributed by atoms with E-state index in [-0.39, 0.29) is 41.3 Å². The number of likely N-dealkylation sites (tertiary alicyclic amines) is 1. The predicted molar refractivity (Wildman–Crippen MR) is 117 cm³/mol. The average molecular weight is 524 g/mol. The van der Waals surface area contributed by atoms with Crippen molar-refractivity contribution in [3.63, 3.8) is 0 Å². The number of carbonyl (C=O) groups excluding carboxylic acids is 2. The lowest BCUT2D eigenvalue weighted by Gasteiger charge is -2.19. The average Bonchev–Trinajstić information content (AvgIpc) is 2.96. The number of hydrogen-bond acceptors (Lipinski definition) is 5. The fourth-order valence-electron chi connectivity index (χ4n) is 4.55. The van der Waals surface area contributed by atoms with E-state index in [1.54, 1.807) is 19.1 Å². The summed E-state index contributed by atoms with van der Waals surface area (Å²) in [6.45, 7) is 5.57. The lowest BCUT2D eigenvalue weighted by molar-refractivity contribution is -0.144. The summed E-state index contributed by atoms with van der Waals surface area (Å²) in [5, 5.41) is 0. The number of rotatable bonds is 3. The number of carbonyl (C=O) groups is 2. The molecule has 1 saturated heterocycles. The lowest BCUT2D eigenvalue weighted by Crippen LogP contribution is -2.35. The number of imide groups is 1. The first-order valence-electron chi connectivity index (χ1n) is 9.88. The number of alkyl halides is 3. The second-order valence-corrected chi connectivity index (χ2v) is 10.7. The van der Waals surface area contributed by atoms with Crippen LogP contribution in [0.15, 0.2) is 28.9 Å². The Labute approximate surface area is 193 Å². The minimum atomic E-state index is -4.57. The first-order chi connectivity index (χ1) is 14.9. The predicted octanol–water partition coefficient (Wildman–Crippen LogP) is 5.59. The number of halogens is 4. The fourth-order valence-corrected chi connectivity index (χ4v) is 6.08. The van der Waals surface area contributed by atoms with E-state index in [9.17, 15) is 22.8 Å². The molecule has 4 heterocycles. The first-order valence-corrected chi connectivity index (χ1v) is 11.5. The zero-order chi connectivity index (χ0) is 23.2. The molecule has 1 aliphatic heterocycles. The summed E-state index contributed by atoms with van der Waals surface area (Å²) in [4.78, 5) is 35.6. The van der Waals surface area contributed by atoms with Crippen molar-refractivity contribution < 1.29 is 22.8 Å². The van der Waals surface area contributed by atoms with Crippen LogP contribution in [0, 0.1) is 24.2 Å². The van der Waals surface area contributed by atoms with Gasteiger partial charge in [0.2, 0.25) is 11.8 Å². The maximum atomic E-state index is 13.3. The van der Waals surface area contributed by atoms with E-state index in [4.69, 9.17) is 0 Å². The summed E-state index contributed by atoms with van der Waals surface area (Å²) in [5.74, 6) is -0.834. The molecule has 0 bridgehead atoms. The standard InChI is InChI=1S/C22H17BrF3N3O2S/c1-9-6-13(22(24,25)26)28-17(16(9)23)11-4-5-27-12-7-10(32-18(11)12)8-29-19(30)14-15(20(29)31)21(14,2)3/h4-7,14-15H,8H2,1-3H3. The van der Waals surface area contributed by atoms with E-state index >= 15 is 0 Å². The molecule has 0 spiro atoms. The van der Waals surface area contributed by atoms with E-state index in [2.05, 4.69) is 25.9 Å². The maximum absolute atomic E-state index is 13.3. The Balaban J connectivity index is 1.54. The molecule has 2 aliphatic rings. The van der Waals surface area contributed by atoms with Gasteiger partial charge in [-0.25, -0.2) is 4.98 Å². The summed E-state index contributed by atoms with van der Waals surface area (Å²) >= 11 is 4.68. The third kappa shape index (κ3) is 3.10. The second-order valence-electron chi connectivity index (χ2n) is 8.81. The third-order valence-electron chi connectivity index (χ3n) is 6.35. The zero-order valence-corrected chi connectivity index (χ0v) is 19.7. The van der Waals surface area contributed by atoms with Gasteiger partial charge in [0.25, 0.3) is 0 Å². The summed E-state index contributed by atoms with van der Waals surface area (Å²) in [5.41, 5.74) is 0.434. The minimum absolute atomic E-state index is 0.136. The fraction of sp³-hybridized carbons (Fsp3) is 0.364. The molecule has 2 atom stereocenters. The number of piperidine rings is 1. The highest BCUT2D eigenvalue weighted by Crippen LogP contribution is 2.63. The van der Waals surface area contributed by atoms with Gasteiger partial charge >= 0.3 is 6.18 Å². The van der Waals surface area contributed by atoms with Crippen molar-refractivity contribution in [2.45, 2.75) is 33.5 Å². The highest BCUT2D eigenvalue weighted by Gasteiger charge is 2.72. The van der Waals surface area contributed by atoms with E-state index in [1.165, 1.54) is 22.4 Å². The number of aryl methyl sites for hydroxylation is 1. The molecule has 0 aromatic carbocycles. The number of pyridine rings is 2. The van der Waals surface area contributed by atoms with Crippen LogP contribution in [-0.4, -0.2) is 26.7 Å². The molecule has 3 aromatic heterocycles. The van der Waals surface area contributed by atoms with Crippen LogP contribution in [0.1, 0.15) is 30.0 Å². The number of nitrogens with zero attached hydrogens (tertiary/aromatic N) is 3. The molecule has 1 aliphatic carbocycles. The molecule has 10 heteroatoms. The lowest BCUT2D eigenvalue weighted by atomic mass is 10.1. The molecule has 166 valence electrons. The van der Waals surface area contributed by atoms with Crippen LogP contribution in [0.4, 0.5) is 13.2 Å². The number of fused-ring (bicyclic) bond motifs is 2. The summed E-state index contributed by atoms with van der Waals surface area (Å²) < 4.78 is 41.2. The SMILES string of the molecule is Cc1cc(C(F)(F)F)nc(-c2ccnc3cc(CN4C(=O)C5C(C4=O)C5(C)C)sc23)c1Br. The van der Waals surface area contributed by atoms with Crippen molar-refractivity contribution >= 4 is 49.3 Å². The van der Waals surface area contributed by atoms with Gasteiger partial charge in [0, 0.05) is 21.1 Å². The molecule has 3 aromatic rings. The van der Waals surface area contributed by atoms with Crippen LogP contribution in [0.2, 0.25) is 0 Å². The van der Waals surface area contributed by atoms with Gasteiger partial charge in [-0.3, -0.25) is 19.5 Å². The molecular weight excluding hydrogens is 507 g/mol. The van der Waals surface area contributed by atoms with Gasteiger partial charge in [-0.05, 0) is 52.0 Å². The highest BCUT2D eigenvalue weighted by atomic mass is 79.9. The molecule has 1 saturated carbocycles. The van der Waals surface area contributed by atoms with Crippen molar-refractivity contribution in [2.75, 3.05) is 0 Å². The number of thiophene rings is 1. The molecule has 2 fully saturated rings. The van der Waals surface area contributed by atoms with Gasteiger partial charge in [0.15, 0.2) is 0 Å². The number of aromatic nitrogens is 2. The van der Waals surface area contributed by atoms with E-state index in [0.29, 0.717) is 25.8 Å². The van der Waals surface area contributed by atoms with Gasteiger partial charge in [-0.15, -0.1) is 11.3 Å². The van der Waals surface area contributed by atoms with Crippen LogP contribution in [0.5, 0.6) is 0 Å². The van der Waals surface area contributed by atoms with E-state index < -0.39 is 11.9 Å². The van der Waals surface area contributed by atoms with Crippen LogP contribution in [0.25, 0.3) is 21.5 Å². The van der Waals surface area contributed by atoms with E-state index in [0.717, 1.165) is 10.9 Å². The molecule has 5 rings (SSSR count). The Morgan fingerprint density at radius 3 is 2.47 bits per heavy atom. The van der Waals surface area contributed by atoms with Crippen molar-refractivity contribution in [1.82, 2.24) is 14.9 Å². The quantitative estimate of drug-likeness (QED) is 0.420. The number of hydrogen-bond donors (Lipinski definition) is 0. The topological polar surface area (TPSA) is 63.2 Å². The Hall–Kier alpha value is -2.33. The van der Waals surface area contributed by atoms with E-state index in [1.807, 2.05) is 13.8 Å². The molecule has 5 nitrogen and oxygen atoms in total. The van der Waals surface area contributed by atoms with Crippen molar-refractivity contribution in [2.24, 2.45) is 17.3 Å². The molecule has 0 radical (unpaired) electrons. The Kier molecular flexibility index (Phi) is 4.59. The van der Waals surface area contributed by atoms with Gasteiger partial charge in [0.1, 0.15) is 5.69 Å². The Morgan fingerprint density at radius 2 is 1.84 bits per heavy atom. The zero-order valence-electron chi connectivity index (χ0n) is 17.2. The van der Waals surface area contributed by atoms with Crippen molar-refractivity contribution in [1.29, 1.82) is 0 Å². The van der Waals surface area contributed by atoms with Gasteiger partial charge in [0.05, 0.1) is 34.3 Å². The molecular formula is C22H17BrF3N3O2S. The van der Waals surface area contributed by atoms with Crippen LogP contribution in [0.3, 0.4) is 0 Å². The summed E-state index contributed by atoms with van der Waals surface area (Å²) in [7, 11) is 0. The van der Waals surface area contributed by atoms with Gasteiger partial charge < -0.3 is 0 Å². The monoisotopic (exact) mass is 523 g/mol. The van der Waals surface area contributed by atoms with Crippen LogP contribution >= 0.6 is 27.3 Å². The minimum Gasteiger partial charge on any atom is -0.277 e. The molecule has 2 amide bonds. The molecule has 32 heavy (non-hydrogen) atoms. The summed E-state index contributed by atoms with van der Waals surface area (Å²) in [6, 6.07) is 4.40. The third-order valence-corrected chi connectivity index (χ3v) is 8.50. The summed E-state index contributed by atoms with van der Waals surface area (Å²) in [6.07, 6.45) is -3.06. The molecule has 0 N–H and O–H groups in total. The highest BCUT2D eigenvalue weighted by molar-refractivity contribution is 9.10. The van der Waals surface area contributed by atoms with Crippen molar-refractivity contribution in [3.8, 4) is 11.3 Å². The second kappa shape index (κ2) is 6.84. The smallest absolute Gasteiger partial charge is 0.277 e. The van der Waals surface area contributed by atoms with Gasteiger partial charge in [-0.1, -0.05) is 13.8 Å². The first kappa shape index (κ1) is 21.5. The van der Waals surface area contributed by atoms with Crippen LogP contribution < -0.4 is 0 Å². The largest absolute Gasteiger partial charge is 0.433 e. The Morgan fingerprint density at radius 1 is 1.19 bits per heavy atom. The number of amides is 2. The normalized spacial score (nSPS) is 22.0. The Bertz CT molecular complexity index is 1290. The van der Waals surface area contributed by atoms with Crippen molar-refractivity contribution in [3.05, 3.63) is 45.0 Å². The maximum Gasteiger partial charge on any atom is 0.433 e. The van der Waals surface area contributed by atoms with Gasteiger partial charge in [-0.2, -0.15) is 13.2 Å². The van der Waals surface area contributed by atoms with Crippen LogP contribution in [-0.2, 0) is 22.3 Å². The molecule has 2 unspecified atom stereocenters.